The lowest BCUT2D eigenvalue weighted by Crippen LogP contribution is -2.16. The summed E-state index contributed by atoms with van der Waals surface area (Å²) in [5.41, 5.74) is 1.67. The number of hydrogen-bond donors (Lipinski definition) is 1. The largest absolute Gasteiger partial charge is 0.433 e. The van der Waals surface area contributed by atoms with E-state index in [9.17, 15) is 18.0 Å². The first-order valence-corrected chi connectivity index (χ1v) is 12.1. The normalized spacial score (nSPS) is 11.8. The van der Waals surface area contributed by atoms with Gasteiger partial charge in [0.15, 0.2) is 17.0 Å². The quantitative estimate of drug-likeness (QED) is 0.256. The molecule has 0 fully saturated rings. The van der Waals surface area contributed by atoms with E-state index in [0.29, 0.717) is 43.7 Å². The lowest BCUT2D eigenvalue weighted by Gasteiger charge is -2.11. The van der Waals surface area contributed by atoms with Crippen molar-refractivity contribution in [3.05, 3.63) is 99.0 Å². The van der Waals surface area contributed by atoms with Crippen LogP contribution in [-0.2, 0) is 12.7 Å². The molecule has 1 N–H and O–H groups in total. The van der Waals surface area contributed by atoms with E-state index >= 15 is 0 Å². The van der Waals surface area contributed by atoms with Crippen molar-refractivity contribution < 1.29 is 18.0 Å². The molecule has 3 heterocycles. The highest BCUT2D eigenvalue weighted by Gasteiger charge is 2.35. The van der Waals surface area contributed by atoms with Gasteiger partial charge in [-0.1, -0.05) is 47.5 Å². The fourth-order valence-electron chi connectivity index (χ4n) is 4.07. The first-order chi connectivity index (χ1) is 18.0. The molecule has 0 unspecified atom stereocenters. The minimum atomic E-state index is -4.74. The molecule has 0 radical (unpaired) electrons. The molecule has 2 aromatic carbocycles. The Morgan fingerprint density at radius 1 is 0.974 bits per heavy atom. The van der Waals surface area contributed by atoms with Crippen LogP contribution in [0.1, 0.15) is 33.1 Å². The number of anilines is 1. The molecule has 0 aliphatic rings. The van der Waals surface area contributed by atoms with Crippen molar-refractivity contribution >= 4 is 40.4 Å². The minimum Gasteiger partial charge on any atom is -0.317 e. The molecule has 0 aliphatic heterocycles. The van der Waals surface area contributed by atoms with Gasteiger partial charge < -0.3 is 5.32 Å². The van der Waals surface area contributed by atoms with Gasteiger partial charge in [-0.15, -0.1) is 0 Å². The molecule has 0 spiro atoms. The number of aryl methyl sites for hydroxylation is 1. The van der Waals surface area contributed by atoms with Crippen LogP contribution in [0, 0.1) is 13.8 Å². The third-order valence-corrected chi connectivity index (χ3v) is 6.42. The number of nitrogens with one attached hydrogen (secondary N) is 1. The fraction of sp³-hybridized carbons (Fsp3) is 0.154. The van der Waals surface area contributed by atoms with Gasteiger partial charge >= 0.3 is 6.18 Å². The van der Waals surface area contributed by atoms with Gasteiger partial charge in [-0.05, 0) is 49.7 Å². The summed E-state index contributed by atoms with van der Waals surface area (Å²) in [7, 11) is 0. The molecule has 0 atom stereocenters. The zero-order valence-corrected chi connectivity index (χ0v) is 21.5. The third kappa shape index (κ3) is 5.09. The average molecular weight is 559 g/mol. The predicted octanol–water partition coefficient (Wildman–Crippen LogP) is 6.84. The molecule has 0 saturated heterocycles. The van der Waals surface area contributed by atoms with Gasteiger partial charge in [-0.25, -0.2) is 9.50 Å². The minimum absolute atomic E-state index is 0.0716. The van der Waals surface area contributed by atoms with Crippen LogP contribution in [0.15, 0.2) is 60.7 Å². The van der Waals surface area contributed by atoms with Crippen molar-refractivity contribution in [2.75, 3.05) is 5.32 Å². The molecule has 1 amide bonds. The van der Waals surface area contributed by atoms with Gasteiger partial charge in [-0.3, -0.25) is 9.48 Å². The number of carbonyl (C=O) groups excluding carboxylic acids is 1. The molecule has 0 bridgehead atoms. The number of fused-ring (bicyclic) bond motifs is 1. The summed E-state index contributed by atoms with van der Waals surface area (Å²) in [4.78, 5) is 17.4. The molecular formula is C26H19Cl2F3N6O. The van der Waals surface area contributed by atoms with Crippen molar-refractivity contribution in [1.29, 1.82) is 0 Å². The molecule has 194 valence electrons. The molecule has 7 nitrogen and oxygen atoms in total. The second-order valence-corrected chi connectivity index (χ2v) is 9.49. The average Bonchev–Trinajstić information content (AvgIpc) is 3.40. The Balaban J connectivity index is 1.48. The van der Waals surface area contributed by atoms with E-state index in [4.69, 9.17) is 23.2 Å². The van der Waals surface area contributed by atoms with Crippen molar-refractivity contribution in [3.63, 3.8) is 0 Å². The van der Waals surface area contributed by atoms with Crippen LogP contribution >= 0.6 is 23.2 Å². The Bertz CT molecular complexity index is 1680. The maximum Gasteiger partial charge on any atom is 0.433 e. The van der Waals surface area contributed by atoms with E-state index in [2.05, 4.69) is 20.5 Å². The first kappa shape index (κ1) is 25.7. The zero-order valence-electron chi connectivity index (χ0n) is 20.0. The fourth-order valence-corrected chi connectivity index (χ4v) is 4.41. The Morgan fingerprint density at radius 3 is 2.39 bits per heavy atom. The second kappa shape index (κ2) is 9.77. The topological polar surface area (TPSA) is 77.1 Å². The third-order valence-electron chi connectivity index (χ3n) is 5.93. The molecule has 5 rings (SSSR count). The predicted molar refractivity (Wildman–Crippen MR) is 139 cm³/mol. The number of hydrogen-bond acceptors (Lipinski definition) is 4. The maximum atomic E-state index is 13.9. The van der Waals surface area contributed by atoms with E-state index in [1.807, 2.05) is 18.2 Å². The Labute approximate surface area is 224 Å². The van der Waals surface area contributed by atoms with E-state index in [1.165, 1.54) is 6.07 Å². The molecule has 3 aromatic heterocycles. The summed E-state index contributed by atoms with van der Waals surface area (Å²) >= 11 is 12.0. The van der Waals surface area contributed by atoms with Gasteiger partial charge in [0.1, 0.15) is 0 Å². The Kier molecular flexibility index (Phi) is 6.62. The molecular weight excluding hydrogens is 540 g/mol. The van der Waals surface area contributed by atoms with E-state index < -0.39 is 17.8 Å². The standard InChI is InChI=1S/C26H19Cl2F3N6O/c1-14-24(15(2)36(34-14)13-16-4-3-5-19(28)10-16)33-25(38)21-12-23-32-20(17-6-8-18(27)9-7-17)11-22(26(29,30)31)37(23)35-21/h3-12H,13H2,1-2H3,(H,33,38). The number of carbonyl (C=O) groups is 1. The van der Waals surface area contributed by atoms with E-state index in [1.54, 1.807) is 48.9 Å². The highest BCUT2D eigenvalue weighted by atomic mass is 35.5. The van der Waals surface area contributed by atoms with Crippen LogP contribution in [0.5, 0.6) is 0 Å². The van der Waals surface area contributed by atoms with Crippen molar-refractivity contribution in [1.82, 2.24) is 24.4 Å². The van der Waals surface area contributed by atoms with Gasteiger partial charge in [0.2, 0.25) is 0 Å². The number of halogens is 5. The summed E-state index contributed by atoms with van der Waals surface area (Å²) in [6.45, 7) is 3.93. The van der Waals surface area contributed by atoms with Crippen LogP contribution in [0.2, 0.25) is 10.0 Å². The van der Waals surface area contributed by atoms with E-state index in [-0.39, 0.29) is 17.0 Å². The number of alkyl halides is 3. The first-order valence-electron chi connectivity index (χ1n) is 11.3. The van der Waals surface area contributed by atoms with E-state index in [0.717, 1.165) is 11.6 Å². The van der Waals surface area contributed by atoms with Gasteiger partial charge in [0.25, 0.3) is 5.91 Å². The highest BCUT2D eigenvalue weighted by Crippen LogP contribution is 2.33. The summed E-state index contributed by atoms with van der Waals surface area (Å²) in [6, 6.07) is 15.7. The summed E-state index contributed by atoms with van der Waals surface area (Å²) in [6.07, 6.45) is -4.74. The maximum absolute atomic E-state index is 13.9. The van der Waals surface area contributed by atoms with Crippen LogP contribution < -0.4 is 5.32 Å². The van der Waals surface area contributed by atoms with Gasteiger partial charge in [-0.2, -0.15) is 23.4 Å². The van der Waals surface area contributed by atoms with Crippen molar-refractivity contribution in [2.24, 2.45) is 0 Å². The van der Waals surface area contributed by atoms with Crippen molar-refractivity contribution in [2.45, 2.75) is 26.6 Å². The molecule has 0 aliphatic carbocycles. The molecule has 12 heteroatoms. The number of aromatic nitrogens is 5. The summed E-state index contributed by atoms with van der Waals surface area (Å²) in [5, 5.41) is 12.2. The molecule has 0 saturated carbocycles. The number of benzene rings is 2. The smallest absolute Gasteiger partial charge is 0.317 e. The van der Waals surface area contributed by atoms with Crippen molar-refractivity contribution in [3.8, 4) is 11.3 Å². The molecule has 38 heavy (non-hydrogen) atoms. The zero-order chi connectivity index (χ0) is 27.2. The Hall–Kier alpha value is -3.89. The lowest BCUT2D eigenvalue weighted by molar-refractivity contribution is -0.142. The van der Waals surface area contributed by atoms with Crippen LogP contribution in [0.4, 0.5) is 18.9 Å². The van der Waals surface area contributed by atoms with Crippen LogP contribution in [0.3, 0.4) is 0 Å². The highest BCUT2D eigenvalue weighted by molar-refractivity contribution is 6.30. The number of rotatable bonds is 5. The monoisotopic (exact) mass is 558 g/mol. The SMILES string of the molecule is Cc1nn(Cc2cccc(Cl)c2)c(C)c1NC(=O)c1cc2nc(-c3ccc(Cl)cc3)cc(C(F)(F)F)n2n1. The lowest BCUT2D eigenvalue weighted by atomic mass is 10.1. The Morgan fingerprint density at radius 2 is 1.71 bits per heavy atom. The summed E-state index contributed by atoms with van der Waals surface area (Å²) < 4.78 is 44.1. The number of nitrogens with zero attached hydrogens (tertiary/aromatic N) is 5. The number of amides is 1. The summed E-state index contributed by atoms with van der Waals surface area (Å²) in [5.74, 6) is -0.690. The van der Waals surface area contributed by atoms with Crippen LogP contribution in [0.25, 0.3) is 16.9 Å². The van der Waals surface area contributed by atoms with Crippen LogP contribution in [-0.4, -0.2) is 30.3 Å². The van der Waals surface area contributed by atoms with Gasteiger partial charge in [0.05, 0.1) is 29.3 Å². The van der Waals surface area contributed by atoms with Gasteiger partial charge in [0, 0.05) is 21.7 Å². The second-order valence-electron chi connectivity index (χ2n) is 8.62. The molecule has 5 aromatic rings.